The second-order valence-electron chi connectivity index (χ2n) is 4.38. The van der Waals surface area contributed by atoms with Gasteiger partial charge >= 0.3 is 0 Å². The second kappa shape index (κ2) is 4.62. The summed E-state index contributed by atoms with van der Waals surface area (Å²) in [4.78, 5) is 1.60. The molecule has 2 nitrogen and oxygen atoms in total. The number of rotatable bonds is 2. The fraction of sp³-hybridized carbons (Fsp3) is 0.500. The van der Waals surface area contributed by atoms with Crippen LogP contribution in [-0.4, -0.2) is 26.2 Å². The number of anilines is 1. The highest BCUT2D eigenvalue weighted by Gasteiger charge is 2.18. The van der Waals surface area contributed by atoms with Crippen LogP contribution >= 0.6 is 0 Å². The summed E-state index contributed by atoms with van der Waals surface area (Å²) in [5, 5.41) is 3.45. The molecular weight excluding hydrogens is 191 g/mol. The molecule has 1 saturated heterocycles. The summed E-state index contributed by atoms with van der Waals surface area (Å²) >= 11 is 0. The number of nitrogens with one attached hydrogen (secondary N) is 2. The third kappa shape index (κ3) is 2.93. The summed E-state index contributed by atoms with van der Waals surface area (Å²) < 4.78 is 12.7. The predicted molar refractivity (Wildman–Crippen MR) is 59.7 cm³/mol. The molecule has 0 bridgehead atoms. The summed E-state index contributed by atoms with van der Waals surface area (Å²) in [6, 6.07) is 7.17. The molecule has 0 radical (unpaired) electrons. The van der Waals surface area contributed by atoms with Gasteiger partial charge in [-0.1, -0.05) is 0 Å². The van der Waals surface area contributed by atoms with Crippen LogP contribution in [0.5, 0.6) is 0 Å². The minimum absolute atomic E-state index is 0.173. The maximum atomic E-state index is 12.7. The van der Waals surface area contributed by atoms with E-state index in [0.29, 0.717) is 6.04 Å². The molecule has 1 heterocycles. The maximum absolute atomic E-state index is 12.7. The van der Waals surface area contributed by atoms with Crippen molar-refractivity contribution in [3.8, 4) is 0 Å². The van der Waals surface area contributed by atoms with Gasteiger partial charge in [0.25, 0.3) is 0 Å². The van der Waals surface area contributed by atoms with E-state index in [9.17, 15) is 4.39 Å². The summed E-state index contributed by atoms with van der Waals surface area (Å²) in [7, 11) is 2.23. The van der Waals surface area contributed by atoms with Crippen LogP contribution in [0.4, 0.5) is 10.1 Å². The highest BCUT2D eigenvalue weighted by atomic mass is 19.1. The largest absolute Gasteiger partial charge is 0.382 e. The zero-order chi connectivity index (χ0) is 10.7. The van der Waals surface area contributed by atoms with E-state index in [1.165, 1.54) is 38.1 Å². The van der Waals surface area contributed by atoms with Crippen LogP contribution in [-0.2, 0) is 0 Å². The highest BCUT2D eigenvalue weighted by Crippen LogP contribution is 2.12. The van der Waals surface area contributed by atoms with Crippen LogP contribution < -0.4 is 10.2 Å². The van der Waals surface area contributed by atoms with Crippen LogP contribution in [0.3, 0.4) is 0 Å². The molecule has 0 spiro atoms. The van der Waals surface area contributed by atoms with Gasteiger partial charge in [0.2, 0.25) is 0 Å². The summed E-state index contributed by atoms with van der Waals surface area (Å²) in [5.74, 6) is -0.173. The van der Waals surface area contributed by atoms with Gasteiger partial charge in [0.05, 0.1) is 20.1 Å². The Morgan fingerprint density at radius 3 is 2.40 bits per heavy atom. The molecule has 1 aliphatic rings. The molecular formula is C12H18FN2+. The van der Waals surface area contributed by atoms with Gasteiger partial charge < -0.3 is 10.2 Å². The van der Waals surface area contributed by atoms with Crippen molar-refractivity contribution in [1.29, 1.82) is 0 Å². The Hall–Kier alpha value is -1.09. The van der Waals surface area contributed by atoms with Gasteiger partial charge in [-0.25, -0.2) is 4.39 Å². The minimum atomic E-state index is -0.173. The Morgan fingerprint density at radius 2 is 1.80 bits per heavy atom. The van der Waals surface area contributed by atoms with Gasteiger partial charge in [-0.3, -0.25) is 0 Å². The Bertz CT molecular complexity index is 302. The van der Waals surface area contributed by atoms with Gasteiger partial charge in [0.1, 0.15) is 5.82 Å². The quantitative estimate of drug-likeness (QED) is 0.740. The van der Waals surface area contributed by atoms with Gasteiger partial charge in [0.15, 0.2) is 0 Å². The number of likely N-dealkylation sites (tertiary alicyclic amines) is 1. The van der Waals surface area contributed by atoms with E-state index >= 15 is 0 Å². The van der Waals surface area contributed by atoms with E-state index in [1.807, 2.05) is 0 Å². The number of piperidine rings is 1. The fourth-order valence-corrected chi connectivity index (χ4v) is 2.04. The topological polar surface area (TPSA) is 16.5 Å². The number of benzene rings is 1. The van der Waals surface area contributed by atoms with Crippen molar-refractivity contribution in [3.63, 3.8) is 0 Å². The van der Waals surface area contributed by atoms with Crippen molar-refractivity contribution in [2.45, 2.75) is 18.9 Å². The van der Waals surface area contributed by atoms with Crippen molar-refractivity contribution in [1.82, 2.24) is 0 Å². The van der Waals surface area contributed by atoms with E-state index in [-0.39, 0.29) is 5.82 Å². The molecule has 2 rings (SSSR count). The van der Waals surface area contributed by atoms with E-state index < -0.39 is 0 Å². The molecule has 0 atom stereocenters. The number of quaternary nitrogens is 1. The zero-order valence-corrected chi connectivity index (χ0v) is 9.09. The standard InChI is InChI=1S/C12H17FN2/c1-15-8-6-12(7-9-15)14-11-4-2-10(13)3-5-11/h2-5,12,14H,6-9H2,1H3/p+1. The Labute approximate surface area is 90.1 Å². The normalized spacial score (nSPS) is 26.3. The van der Waals surface area contributed by atoms with Gasteiger partial charge in [-0.2, -0.15) is 0 Å². The lowest BCUT2D eigenvalue weighted by molar-refractivity contribution is -0.884. The molecule has 3 heteroatoms. The zero-order valence-electron chi connectivity index (χ0n) is 9.09. The Morgan fingerprint density at radius 1 is 1.20 bits per heavy atom. The third-order valence-corrected chi connectivity index (χ3v) is 3.05. The monoisotopic (exact) mass is 209 g/mol. The highest BCUT2D eigenvalue weighted by molar-refractivity contribution is 5.43. The van der Waals surface area contributed by atoms with Gasteiger partial charge in [-0.05, 0) is 24.3 Å². The molecule has 1 aliphatic heterocycles. The van der Waals surface area contributed by atoms with Crippen molar-refractivity contribution in [2.24, 2.45) is 0 Å². The average molecular weight is 209 g/mol. The molecule has 0 unspecified atom stereocenters. The van der Waals surface area contributed by atoms with Gasteiger partial charge in [-0.15, -0.1) is 0 Å². The van der Waals surface area contributed by atoms with E-state index in [0.717, 1.165) is 5.69 Å². The third-order valence-electron chi connectivity index (χ3n) is 3.05. The molecule has 0 amide bonds. The summed E-state index contributed by atoms with van der Waals surface area (Å²) in [6.07, 6.45) is 2.40. The molecule has 0 aliphatic carbocycles. The van der Waals surface area contributed by atoms with Gasteiger partial charge in [0, 0.05) is 24.6 Å². The predicted octanol–water partition coefficient (Wildman–Crippen LogP) is 0.915. The van der Waals surface area contributed by atoms with Crippen molar-refractivity contribution >= 4 is 5.69 Å². The number of halogens is 1. The van der Waals surface area contributed by atoms with Crippen molar-refractivity contribution in [3.05, 3.63) is 30.1 Å². The lowest BCUT2D eigenvalue weighted by Gasteiger charge is -2.27. The lowest BCUT2D eigenvalue weighted by atomic mass is 10.1. The van der Waals surface area contributed by atoms with E-state index in [2.05, 4.69) is 12.4 Å². The minimum Gasteiger partial charge on any atom is -0.382 e. The summed E-state index contributed by atoms with van der Waals surface area (Å²) in [5.41, 5.74) is 1.03. The van der Waals surface area contributed by atoms with E-state index in [4.69, 9.17) is 0 Å². The first-order chi connectivity index (χ1) is 7.24. The molecule has 1 aromatic rings. The second-order valence-corrected chi connectivity index (χ2v) is 4.38. The Balaban J connectivity index is 1.89. The van der Waals surface area contributed by atoms with Crippen LogP contribution in [0.25, 0.3) is 0 Å². The molecule has 0 saturated carbocycles. The smallest absolute Gasteiger partial charge is 0.123 e. The first kappa shape index (κ1) is 10.4. The van der Waals surface area contributed by atoms with Crippen molar-refractivity contribution < 1.29 is 9.29 Å². The Kier molecular flexibility index (Phi) is 3.21. The summed E-state index contributed by atoms with van der Waals surface area (Å²) in [6.45, 7) is 2.44. The molecule has 2 N–H and O–H groups in total. The molecule has 1 fully saturated rings. The van der Waals surface area contributed by atoms with Crippen LogP contribution in [0.1, 0.15) is 12.8 Å². The van der Waals surface area contributed by atoms with E-state index in [1.54, 1.807) is 17.0 Å². The molecule has 0 aromatic heterocycles. The molecule has 82 valence electrons. The fourth-order valence-electron chi connectivity index (χ4n) is 2.04. The van der Waals surface area contributed by atoms with Crippen LogP contribution in [0.2, 0.25) is 0 Å². The van der Waals surface area contributed by atoms with Crippen LogP contribution in [0.15, 0.2) is 24.3 Å². The number of hydrogen-bond acceptors (Lipinski definition) is 1. The first-order valence-corrected chi connectivity index (χ1v) is 5.57. The molecule has 15 heavy (non-hydrogen) atoms. The maximum Gasteiger partial charge on any atom is 0.123 e. The average Bonchev–Trinajstić information content (AvgIpc) is 2.25. The van der Waals surface area contributed by atoms with Crippen molar-refractivity contribution in [2.75, 3.05) is 25.5 Å². The lowest BCUT2D eigenvalue weighted by Crippen LogP contribution is -3.10. The SMILES string of the molecule is C[NH+]1CCC(Nc2ccc(F)cc2)CC1. The molecule has 1 aromatic carbocycles. The first-order valence-electron chi connectivity index (χ1n) is 5.57. The number of hydrogen-bond donors (Lipinski definition) is 2. The van der Waals surface area contributed by atoms with Crippen LogP contribution in [0, 0.1) is 5.82 Å².